The van der Waals surface area contributed by atoms with Crippen LogP contribution in [0.5, 0.6) is 0 Å². The zero-order chi connectivity index (χ0) is 18.6. The van der Waals surface area contributed by atoms with Gasteiger partial charge in [-0.25, -0.2) is 4.98 Å². The number of hydrogen-bond donors (Lipinski definition) is 0. The lowest BCUT2D eigenvalue weighted by atomic mass is 10.0. The number of rotatable bonds is 4. The van der Waals surface area contributed by atoms with Crippen LogP contribution in [0.25, 0.3) is 0 Å². The number of pyridine rings is 1. The predicted molar refractivity (Wildman–Crippen MR) is 103 cm³/mol. The van der Waals surface area contributed by atoms with Crippen molar-refractivity contribution in [1.82, 2.24) is 14.9 Å². The normalized spacial score (nSPS) is 17.1. The van der Waals surface area contributed by atoms with Crippen molar-refractivity contribution < 1.29 is 9.21 Å². The monoisotopic (exact) mass is 381 g/mol. The smallest absolute Gasteiger partial charge is 0.273 e. The number of benzene rings is 1. The molecule has 1 unspecified atom stereocenters. The number of likely N-dealkylation sites (tertiary alicyclic amines) is 1. The summed E-state index contributed by atoms with van der Waals surface area (Å²) in [6.07, 6.45) is 6.87. The topological polar surface area (TPSA) is 59.2 Å². The molecule has 1 aliphatic heterocycles. The summed E-state index contributed by atoms with van der Waals surface area (Å²) < 4.78 is 6.01. The maximum Gasteiger partial charge on any atom is 0.273 e. The molecular formula is C21H20ClN3O2. The van der Waals surface area contributed by atoms with Crippen LogP contribution in [0.2, 0.25) is 5.02 Å². The molecule has 1 fully saturated rings. The highest BCUT2D eigenvalue weighted by atomic mass is 35.5. The Morgan fingerprint density at radius 2 is 2.11 bits per heavy atom. The second-order valence-electron chi connectivity index (χ2n) is 6.70. The number of amides is 1. The third-order valence-corrected chi connectivity index (χ3v) is 5.01. The third-order valence-electron chi connectivity index (χ3n) is 4.77. The molecule has 0 aliphatic carbocycles. The summed E-state index contributed by atoms with van der Waals surface area (Å²) >= 11 is 6.05. The molecule has 0 saturated carbocycles. The van der Waals surface area contributed by atoms with E-state index in [2.05, 4.69) is 9.97 Å². The summed E-state index contributed by atoms with van der Waals surface area (Å²) in [6, 6.07) is 12.9. The largest absolute Gasteiger partial charge is 0.443 e. The Hall–Kier alpha value is -2.66. The Bertz CT molecular complexity index is 926. The zero-order valence-electron chi connectivity index (χ0n) is 14.8. The molecule has 3 heterocycles. The van der Waals surface area contributed by atoms with Gasteiger partial charge in [0.25, 0.3) is 5.91 Å². The maximum atomic E-state index is 12.9. The molecule has 6 heteroatoms. The molecule has 2 aromatic heterocycles. The van der Waals surface area contributed by atoms with Gasteiger partial charge in [-0.2, -0.15) is 0 Å². The van der Waals surface area contributed by atoms with Gasteiger partial charge in [-0.05, 0) is 49.1 Å². The predicted octanol–water partition coefficient (Wildman–Crippen LogP) is 4.68. The molecule has 5 nitrogen and oxygen atoms in total. The summed E-state index contributed by atoms with van der Waals surface area (Å²) in [5.41, 5.74) is 1.52. The Labute approximate surface area is 163 Å². The molecule has 0 spiro atoms. The van der Waals surface area contributed by atoms with Crippen molar-refractivity contribution in [2.24, 2.45) is 0 Å². The minimum atomic E-state index is -0.152. The molecule has 1 aromatic carbocycles. The molecule has 1 saturated heterocycles. The van der Waals surface area contributed by atoms with E-state index in [1.165, 1.54) is 0 Å². The Kier molecular flexibility index (Phi) is 5.21. The number of oxazole rings is 1. The van der Waals surface area contributed by atoms with Gasteiger partial charge < -0.3 is 9.32 Å². The summed E-state index contributed by atoms with van der Waals surface area (Å²) in [5, 5.41) is 0.701. The number of nitrogens with zero attached hydrogens (tertiary/aromatic N) is 3. The molecule has 1 atom stereocenters. The Morgan fingerprint density at radius 1 is 1.19 bits per heavy atom. The molecule has 0 N–H and O–H groups in total. The van der Waals surface area contributed by atoms with Gasteiger partial charge in [-0.3, -0.25) is 9.78 Å². The van der Waals surface area contributed by atoms with Crippen LogP contribution in [0.4, 0.5) is 0 Å². The molecule has 1 amide bonds. The van der Waals surface area contributed by atoms with Gasteiger partial charge in [-0.1, -0.05) is 29.8 Å². The average Bonchev–Trinajstić information content (AvgIpc) is 3.16. The van der Waals surface area contributed by atoms with E-state index in [-0.39, 0.29) is 11.9 Å². The first-order chi connectivity index (χ1) is 13.2. The van der Waals surface area contributed by atoms with Crippen molar-refractivity contribution in [3.8, 4) is 0 Å². The third kappa shape index (κ3) is 4.03. The Balaban J connectivity index is 1.54. The molecule has 4 rings (SSSR count). The minimum absolute atomic E-state index is 0.0742. The van der Waals surface area contributed by atoms with E-state index in [1.54, 1.807) is 24.5 Å². The van der Waals surface area contributed by atoms with E-state index in [9.17, 15) is 4.79 Å². The summed E-state index contributed by atoms with van der Waals surface area (Å²) in [7, 11) is 0. The number of carbonyl (C=O) groups is 1. The maximum absolute atomic E-state index is 12.9. The fourth-order valence-electron chi connectivity index (χ4n) is 3.47. The van der Waals surface area contributed by atoms with E-state index < -0.39 is 0 Å². The lowest BCUT2D eigenvalue weighted by molar-refractivity contribution is 0.0564. The van der Waals surface area contributed by atoms with Crippen molar-refractivity contribution in [1.29, 1.82) is 0 Å². The number of aromatic nitrogens is 2. The lowest BCUT2D eigenvalue weighted by Crippen LogP contribution is -2.39. The van der Waals surface area contributed by atoms with E-state index >= 15 is 0 Å². The SMILES string of the molecule is O=C(c1ccccn1)N1CCCCC1c1ncc(Cc2cccc(Cl)c2)o1. The fraction of sp³-hybridized carbons (Fsp3) is 0.286. The first-order valence-electron chi connectivity index (χ1n) is 9.12. The first-order valence-corrected chi connectivity index (χ1v) is 9.49. The number of carbonyl (C=O) groups excluding carboxylic acids is 1. The van der Waals surface area contributed by atoms with Crippen molar-refractivity contribution in [2.75, 3.05) is 6.54 Å². The summed E-state index contributed by atoms with van der Waals surface area (Å²) in [5.74, 6) is 1.29. The van der Waals surface area contributed by atoms with E-state index in [0.29, 0.717) is 29.6 Å². The average molecular weight is 382 g/mol. The van der Waals surface area contributed by atoms with Gasteiger partial charge in [-0.15, -0.1) is 0 Å². The number of hydrogen-bond acceptors (Lipinski definition) is 4. The highest BCUT2D eigenvalue weighted by Gasteiger charge is 2.32. The molecular weight excluding hydrogens is 362 g/mol. The van der Waals surface area contributed by atoms with Crippen molar-refractivity contribution in [3.05, 3.63) is 82.8 Å². The summed E-state index contributed by atoms with van der Waals surface area (Å²) in [6.45, 7) is 0.687. The summed E-state index contributed by atoms with van der Waals surface area (Å²) in [4.78, 5) is 23.4. The van der Waals surface area contributed by atoms with Gasteiger partial charge in [0.1, 0.15) is 17.5 Å². The van der Waals surface area contributed by atoms with Gasteiger partial charge in [0.15, 0.2) is 0 Å². The van der Waals surface area contributed by atoms with Crippen LogP contribution >= 0.6 is 11.6 Å². The van der Waals surface area contributed by atoms with Gasteiger partial charge in [0.2, 0.25) is 5.89 Å². The highest BCUT2D eigenvalue weighted by Crippen LogP contribution is 2.32. The minimum Gasteiger partial charge on any atom is -0.443 e. The number of halogens is 1. The van der Waals surface area contributed by atoms with Gasteiger partial charge in [0, 0.05) is 24.2 Å². The van der Waals surface area contributed by atoms with Crippen LogP contribution in [0, 0.1) is 0 Å². The molecule has 0 bridgehead atoms. The van der Waals surface area contributed by atoms with E-state index in [4.69, 9.17) is 16.0 Å². The molecule has 1 aliphatic rings. The fourth-order valence-corrected chi connectivity index (χ4v) is 3.69. The van der Waals surface area contributed by atoms with Gasteiger partial charge in [0.05, 0.1) is 6.20 Å². The second-order valence-corrected chi connectivity index (χ2v) is 7.13. The standard InChI is InChI=1S/C21H20ClN3O2/c22-16-7-5-6-15(12-16)13-17-14-24-20(27-17)19-9-2-4-11-25(19)21(26)18-8-1-3-10-23-18/h1,3,5-8,10,12,14,19H,2,4,9,11,13H2. The zero-order valence-corrected chi connectivity index (χ0v) is 15.6. The van der Waals surface area contributed by atoms with Crippen LogP contribution < -0.4 is 0 Å². The van der Waals surface area contributed by atoms with Gasteiger partial charge >= 0.3 is 0 Å². The van der Waals surface area contributed by atoms with Crippen molar-refractivity contribution in [3.63, 3.8) is 0 Å². The Morgan fingerprint density at radius 3 is 2.93 bits per heavy atom. The molecule has 0 radical (unpaired) electrons. The van der Waals surface area contributed by atoms with E-state index in [1.807, 2.05) is 35.2 Å². The lowest BCUT2D eigenvalue weighted by Gasteiger charge is -2.33. The first kappa shape index (κ1) is 17.7. The van der Waals surface area contributed by atoms with Crippen molar-refractivity contribution >= 4 is 17.5 Å². The second kappa shape index (κ2) is 7.92. The van der Waals surface area contributed by atoms with Crippen molar-refractivity contribution in [2.45, 2.75) is 31.7 Å². The van der Waals surface area contributed by atoms with Crippen LogP contribution in [0.1, 0.15) is 53.0 Å². The van der Waals surface area contributed by atoms with Crippen LogP contribution in [0.3, 0.4) is 0 Å². The van der Waals surface area contributed by atoms with Crippen LogP contribution in [-0.4, -0.2) is 27.3 Å². The van der Waals surface area contributed by atoms with Crippen LogP contribution in [0.15, 0.2) is 59.3 Å². The molecule has 27 heavy (non-hydrogen) atoms. The highest BCUT2D eigenvalue weighted by molar-refractivity contribution is 6.30. The molecule has 138 valence electrons. The quantitative estimate of drug-likeness (QED) is 0.658. The van der Waals surface area contributed by atoms with E-state index in [0.717, 1.165) is 30.6 Å². The number of piperidine rings is 1. The molecule has 3 aromatic rings. The van der Waals surface area contributed by atoms with Crippen LogP contribution in [-0.2, 0) is 6.42 Å².